The molecule has 4 unspecified atom stereocenters. The fourth-order valence-corrected chi connectivity index (χ4v) is 7.38. The zero-order valence-corrected chi connectivity index (χ0v) is 32.8. The minimum atomic E-state index is -0.898. The van der Waals surface area contributed by atoms with Crippen LogP contribution >= 0.6 is 0 Å². The lowest BCUT2D eigenvalue weighted by Gasteiger charge is -2.35. The molecule has 4 heterocycles. The lowest BCUT2D eigenvalue weighted by Crippen LogP contribution is -2.54. The Hall–Kier alpha value is -5.21. The number of H-pyrrole nitrogens is 2. The Balaban J connectivity index is 1.12. The Labute approximate surface area is 322 Å². The van der Waals surface area contributed by atoms with Crippen molar-refractivity contribution in [2.45, 2.75) is 95.9 Å². The molecule has 14 nitrogen and oxygen atoms in total. The topological polar surface area (TPSA) is 173 Å². The fraction of sp³-hybridized carbons (Fsp3) is 0.488. The van der Waals surface area contributed by atoms with Gasteiger partial charge in [-0.3, -0.25) is 9.59 Å². The molecule has 2 aromatic carbocycles. The normalized spacial score (nSPS) is 17.4. The number of nitrogens with zero attached hydrogens (tertiary/aromatic N) is 3. The number of alkyl carbamates (subject to hydrolysis) is 1. The number of amides is 3. The van der Waals surface area contributed by atoms with Gasteiger partial charge in [-0.25, -0.2) is 14.8 Å². The summed E-state index contributed by atoms with van der Waals surface area (Å²) in [6, 6.07) is 11.3. The molecule has 3 amide bonds. The van der Waals surface area contributed by atoms with E-state index in [1.54, 1.807) is 25.1 Å². The van der Waals surface area contributed by atoms with E-state index in [9.17, 15) is 14.4 Å². The number of likely N-dealkylation sites (tertiary alicyclic amines) is 1. The van der Waals surface area contributed by atoms with Crippen molar-refractivity contribution in [2.24, 2.45) is 0 Å². The molecule has 1 saturated heterocycles. The maximum atomic E-state index is 13.7. The number of carbonyl (C=O) groups excluding carboxylic acids is 3. The monoisotopic (exact) mass is 755 g/mol. The molecule has 0 radical (unpaired) electrons. The second-order valence-electron chi connectivity index (χ2n) is 14.9. The number of fused-ring (bicyclic) bond motifs is 2. The summed E-state index contributed by atoms with van der Waals surface area (Å²) in [6.07, 6.45) is 6.78. The zero-order valence-electron chi connectivity index (χ0n) is 32.8. The molecule has 0 saturated carbocycles. The van der Waals surface area contributed by atoms with Crippen LogP contribution in [-0.4, -0.2) is 95.4 Å². The molecule has 2 aliphatic heterocycles. The summed E-state index contributed by atoms with van der Waals surface area (Å²) in [7, 11) is 4.37. The summed E-state index contributed by atoms with van der Waals surface area (Å²) >= 11 is 0. The van der Waals surface area contributed by atoms with Gasteiger partial charge in [-0.2, -0.15) is 0 Å². The van der Waals surface area contributed by atoms with E-state index in [1.165, 1.54) is 14.2 Å². The number of benzene rings is 2. The van der Waals surface area contributed by atoms with Crippen LogP contribution in [0.3, 0.4) is 0 Å². The average molecular weight is 756 g/mol. The van der Waals surface area contributed by atoms with Crippen LogP contribution in [0.1, 0.15) is 88.6 Å². The largest absolute Gasteiger partial charge is 0.457 e. The number of methoxy groups -OCH3 is 3. The zero-order chi connectivity index (χ0) is 39.3. The predicted molar refractivity (Wildman–Crippen MR) is 207 cm³/mol. The first-order chi connectivity index (χ1) is 26.4. The molecular weight excluding hydrogens is 702 g/mol. The van der Waals surface area contributed by atoms with Crippen molar-refractivity contribution < 1.29 is 33.3 Å². The number of nitrogens with one attached hydrogen (secondary N) is 4. The highest BCUT2D eigenvalue weighted by atomic mass is 16.5. The standard InChI is InChI=1S/C41H53N7O7/c1-24(52-5)19-36(49)42-17-9-8-12-35-43-22-30(45-35)27-13-15-28-34(21-27)55-33-16-14-26(20-29(33)41(28,3)4)31-23-44-38(46-31)32-11-10-18-48(32)39(50)37(25(2)53-6)47-40(51)54-7/h13-16,20-25,32,37H,8-12,17-19H2,1-7H3,(H,42,49)(H,43,45)(H,44,46)(H,47,51). The van der Waals surface area contributed by atoms with Crippen molar-refractivity contribution in [3.63, 3.8) is 0 Å². The SMILES string of the molecule is COC(=O)NC(C(=O)N1CCCC1c1ncc(-c2ccc3c(c2)C(C)(C)c2ccc(-c4cnc(CCCCNC(=O)CC(C)OC)[nH]4)cc2O3)[nH]1)C(C)OC. The van der Waals surface area contributed by atoms with Crippen LogP contribution in [0.25, 0.3) is 22.5 Å². The number of hydrogen-bond acceptors (Lipinski definition) is 9. The molecule has 14 heteroatoms. The first kappa shape index (κ1) is 39.5. The van der Waals surface area contributed by atoms with Crippen molar-refractivity contribution in [1.29, 1.82) is 0 Å². The van der Waals surface area contributed by atoms with Gasteiger partial charge in [-0.05, 0) is 63.8 Å². The van der Waals surface area contributed by atoms with Crippen LogP contribution in [0.2, 0.25) is 0 Å². The molecule has 55 heavy (non-hydrogen) atoms. The molecule has 4 aromatic rings. The molecule has 294 valence electrons. The van der Waals surface area contributed by atoms with Gasteiger partial charge in [0.05, 0.1) is 55.6 Å². The lowest BCUT2D eigenvalue weighted by molar-refractivity contribution is -0.137. The van der Waals surface area contributed by atoms with E-state index in [4.69, 9.17) is 23.9 Å². The molecule has 4 N–H and O–H groups in total. The number of rotatable bonds is 15. The van der Waals surface area contributed by atoms with Gasteiger partial charge in [-0.15, -0.1) is 0 Å². The van der Waals surface area contributed by atoms with E-state index >= 15 is 0 Å². The summed E-state index contributed by atoms with van der Waals surface area (Å²) in [5.41, 5.74) is 5.47. The van der Waals surface area contributed by atoms with Crippen molar-refractivity contribution in [3.05, 3.63) is 71.6 Å². The Morgan fingerprint density at radius 3 is 2.45 bits per heavy atom. The summed E-state index contributed by atoms with van der Waals surface area (Å²) in [6.45, 7) is 9.19. The highest BCUT2D eigenvalue weighted by Crippen LogP contribution is 2.49. The van der Waals surface area contributed by atoms with Crippen molar-refractivity contribution in [2.75, 3.05) is 34.4 Å². The van der Waals surface area contributed by atoms with Crippen LogP contribution in [0, 0.1) is 0 Å². The maximum absolute atomic E-state index is 13.7. The fourth-order valence-electron chi connectivity index (χ4n) is 7.38. The molecule has 0 aliphatic carbocycles. The smallest absolute Gasteiger partial charge is 0.407 e. The second kappa shape index (κ2) is 17.1. The highest BCUT2D eigenvalue weighted by molar-refractivity contribution is 5.87. The van der Waals surface area contributed by atoms with Gasteiger partial charge < -0.3 is 44.4 Å². The lowest BCUT2D eigenvalue weighted by atomic mass is 9.75. The quantitative estimate of drug-likeness (QED) is 0.103. The van der Waals surface area contributed by atoms with E-state index in [1.807, 2.05) is 25.3 Å². The van der Waals surface area contributed by atoms with Crippen LogP contribution in [-0.2, 0) is 35.6 Å². The van der Waals surface area contributed by atoms with Gasteiger partial charge >= 0.3 is 6.09 Å². The summed E-state index contributed by atoms with van der Waals surface area (Å²) < 4.78 is 21.9. The van der Waals surface area contributed by atoms with Gasteiger partial charge in [0.1, 0.15) is 29.2 Å². The molecule has 2 aromatic heterocycles. The second-order valence-corrected chi connectivity index (χ2v) is 14.9. The Bertz CT molecular complexity index is 1990. The van der Waals surface area contributed by atoms with Gasteiger partial charge in [0, 0.05) is 61.4 Å². The van der Waals surface area contributed by atoms with E-state index in [0.717, 1.165) is 83.1 Å². The van der Waals surface area contributed by atoms with Crippen LogP contribution in [0.5, 0.6) is 11.5 Å². The molecule has 0 bridgehead atoms. The van der Waals surface area contributed by atoms with E-state index in [2.05, 4.69) is 63.7 Å². The number of carbonyl (C=O) groups is 3. The Morgan fingerprint density at radius 1 is 0.945 bits per heavy atom. The van der Waals surface area contributed by atoms with Crippen LogP contribution in [0.15, 0.2) is 48.8 Å². The number of ether oxygens (including phenoxy) is 4. The van der Waals surface area contributed by atoms with Gasteiger partial charge in [0.2, 0.25) is 11.8 Å². The van der Waals surface area contributed by atoms with Crippen molar-refractivity contribution in [3.8, 4) is 34.0 Å². The molecular formula is C41H53N7O7. The molecule has 0 spiro atoms. The number of imidazole rings is 2. The van der Waals surface area contributed by atoms with Crippen molar-refractivity contribution in [1.82, 2.24) is 35.5 Å². The summed E-state index contributed by atoms with van der Waals surface area (Å²) in [5, 5.41) is 5.59. The predicted octanol–water partition coefficient (Wildman–Crippen LogP) is 6.19. The van der Waals surface area contributed by atoms with E-state index in [0.29, 0.717) is 25.3 Å². The van der Waals surface area contributed by atoms with Crippen molar-refractivity contribution >= 4 is 17.9 Å². The molecule has 6 rings (SSSR count). The Kier molecular flexibility index (Phi) is 12.3. The van der Waals surface area contributed by atoms with E-state index in [-0.39, 0.29) is 29.4 Å². The number of aromatic nitrogens is 4. The van der Waals surface area contributed by atoms with Gasteiger partial charge in [0.25, 0.3) is 0 Å². The maximum Gasteiger partial charge on any atom is 0.407 e. The Morgan fingerprint density at radius 2 is 1.69 bits per heavy atom. The van der Waals surface area contributed by atoms with Gasteiger partial charge in [-0.1, -0.05) is 26.0 Å². The third-order valence-corrected chi connectivity index (χ3v) is 10.8. The van der Waals surface area contributed by atoms with Crippen LogP contribution < -0.4 is 15.4 Å². The third kappa shape index (κ3) is 8.70. The minimum absolute atomic E-state index is 0.00470. The summed E-state index contributed by atoms with van der Waals surface area (Å²) in [5.74, 6) is 2.94. The number of aromatic amines is 2. The first-order valence-electron chi connectivity index (χ1n) is 19.0. The van der Waals surface area contributed by atoms with Crippen LogP contribution in [0.4, 0.5) is 4.79 Å². The molecule has 4 atom stereocenters. The van der Waals surface area contributed by atoms with Gasteiger partial charge in [0.15, 0.2) is 0 Å². The minimum Gasteiger partial charge on any atom is -0.457 e. The molecule has 2 aliphatic rings. The van der Waals surface area contributed by atoms with E-state index < -0.39 is 18.2 Å². The number of hydrogen-bond donors (Lipinski definition) is 4. The average Bonchev–Trinajstić information content (AvgIpc) is 3.98. The number of aryl methyl sites for hydroxylation is 1. The first-order valence-corrected chi connectivity index (χ1v) is 19.0. The number of unbranched alkanes of at least 4 members (excludes halogenated alkanes) is 1. The molecule has 1 fully saturated rings. The highest BCUT2D eigenvalue weighted by Gasteiger charge is 2.39. The summed E-state index contributed by atoms with van der Waals surface area (Å²) in [4.78, 5) is 55.8. The third-order valence-electron chi connectivity index (χ3n) is 10.8.